The molecule has 8 heteroatoms. The Bertz CT molecular complexity index is 875. The first-order valence-electron chi connectivity index (χ1n) is 9.23. The molecule has 27 heavy (non-hydrogen) atoms. The van der Waals surface area contributed by atoms with E-state index in [1.807, 2.05) is 30.5 Å². The highest BCUT2D eigenvalue weighted by Gasteiger charge is 2.42. The topological polar surface area (TPSA) is 111 Å². The first-order valence-corrected chi connectivity index (χ1v) is 10.6. The normalized spacial score (nSPS) is 28.4. The molecule has 2 aromatic rings. The van der Waals surface area contributed by atoms with Crippen molar-refractivity contribution in [1.29, 1.82) is 0 Å². The fourth-order valence-electron chi connectivity index (χ4n) is 4.55. The lowest BCUT2D eigenvalue weighted by Crippen LogP contribution is -2.55. The number of para-hydroxylation sites is 1. The minimum Gasteiger partial charge on any atom is -0.387 e. The Labute approximate surface area is 159 Å². The summed E-state index contributed by atoms with van der Waals surface area (Å²) in [6.45, 7) is 4.60. The molecule has 5 atom stereocenters. The van der Waals surface area contributed by atoms with E-state index < -0.39 is 16.5 Å². The van der Waals surface area contributed by atoms with Gasteiger partial charge in [0.25, 0.3) is 0 Å². The molecule has 0 amide bonds. The van der Waals surface area contributed by atoms with Gasteiger partial charge >= 0.3 is 10.4 Å². The van der Waals surface area contributed by atoms with Gasteiger partial charge in [-0.05, 0) is 48.9 Å². The van der Waals surface area contributed by atoms with Crippen molar-refractivity contribution in [3.63, 3.8) is 0 Å². The van der Waals surface area contributed by atoms with Crippen LogP contribution in [0.5, 0.6) is 0 Å². The molecule has 1 aromatic heterocycles. The smallest absolute Gasteiger partial charge is 0.387 e. The number of aliphatic hydroxyl groups excluding tert-OH is 1. The van der Waals surface area contributed by atoms with Gasteiger partial charge in [-0.1, -0.05) is 31.5 Å². The van der Waals surface area contributed by atoms with E-state index in [1.165, 1.54) is 12.8 Å². The fourth-order valence-corrected chi connectivity index (χ4v) is 4.55. The summed E-state index contributed by atoms with van der Waals surface area (Å²) >= 11 is 0. The van der Waals surface area contributed by atoms with Crippen molar-refractivity contribution in [2.75, 3.05) is 13.1 Å². The van der Waals surface area contributed by atoms with Crippen LogP contribution in [-0.2, 0) is 10.4 Å². The van der Waals surface area contributed by atoms with Crippen LogP contribution in [0.4, 0.5) is 0 Å². The largest absolute Gasteiger partial charge is 0.394 e. The van der Waals surface area contributed by atoms with Crippen molar-refractivity contribution in [2.24, 2.45) is 11.8 Å². The molecule has 0 spiro atoms. The number of rotatable bonds is 3. The van der Waals surface area contributed by atoms with Crippen molar-refractivity contribution in [3.8, 4) is 0 Å². The third kappa shape index (κ3) is 4.83. The standard InChI is InChI=1S/C19H24N2O.H2O4S/c1-2-13-12-21-10-8-14(13)11-18(21)19(22)16-7-9-20-17-6-4-3-5-15(16)17;1-5(2,3)4/h3-7,9,13-14,18-19,22H,2,8,10-12H2,1H3;(H2,1,2,3,4)/t13-,14-,18-,19-;/m0./s1. The van der Waals surface area contributed by atoms with Crippen LogP contribution in [0.3, 0.4) is 0 Å². The molecule has 0 aliphatic carbocycles. The molecule has 2 bridgehead atoms. The van der Waals surface area contributed by atoms with Crippen molar-refractivity contribution in [3.05, 3.63) is 42.1 Å². The highest BCUT2D eigenvalue weighted by molar-refractivity contribution is 7.79. The average molecular weight is 394 g/mol. The van der Waals surface area contributed by atoms with Crippen LogP contribution in [0.25, 0.3) is 10.9 Å². The van der Waals surface area contributed by atoms with Gasteiger partial charge in [0.2, 0.25) is 0 Å². The zero-order valence-electron chi connectivity index (χ0n) is 15.3. The summed E-state index contributed by atoms with van der Waals surface area (Å²) in [4.78, 5) is 6.94. The number of benzene rings is 1. The summed E-state index contributed by atoms with van der Waals surface area (Å²) in [7, 11) is -4.67. The molecule has 3 saturated heterocycles. The highest BCUT2D eigenvalue weighted by atomic mass is 32.3. The third-order valence-corrected chi connectivity index (χ3v) is 5.83. The number of pyridine rings is 1. The lowest BCUT2D eigenvalue weighted by Gasteiger charge is -2.51. The summed E-state index contributed by atoms with van der Waals surface area (Å²) in [6.07, 6.45) is 5.12. The minimum atomic E-state index is -4.67. The fraction of sp³-hybridized carbons (Fsp3) is 0.526. The van der Waals surface area contributed by atoms with E-state index in [4.69, 9.17) is 17.5 Å². The Kier molecular flexibility index (Phi) is 6.12. The second-order valence-corrected chi connectivity index (χ2v) is 8.22. The quantitative estimate of drug-likeness (QED) is 0.686. The zero-order chi connectivity index (χ0) is 19.6. The second kappa shape index (κ2) is 8.20. The van der Waals surface area contributed by atoms with Crippen molar-refractivity contribution in [2.45, 2.75) is 38.3 Å². The van der Waals surface area contributed by atoms with E-state index in [2.05, 4.69) is 22.9 Å². The van der Waals surface area contributed by atoms with E-state index in [0.717, 1.165) is 47.8 Å². The SMILES string of the molecule is CC[C@H]1CN2CC[C@H]1C[C@H]2[C@@H](O)c1ccnc2ccccc12.O=S(=O)(O)O. The van der Waals surface area contributed by atoms with Gasteiger partial charge in [0.1, 0.15) is 0 Å². The molecule has 1 aromatic carbocycles. The maximum atomic E-state index is 11.1. The van der Waals surface area contributed by atoms with Gasteiger partial charge in [0.15, 0.2) is 0 Å². The molecule has 3 N–H and O–H groups in total. The summed E-state index contributed by atoms with van der Waals surface area (Å²) in [5, 5.41) is 12.1. The van der Waals surface area contributed by atoms with Crippen molar-refractivity contribution >= 4 is 21.3 Å². The van der Waals surface area contributed by atoms with Gasteiger partial charge < -0.3 is 5.11 Å². The van der Waals surface area contributed by atoms with Crippen LogP contribution in [0, 0.1) is 11.8 Å². The van der Waals surface area contributed by atoms with E-state index in [-0.39, 0.29) is 6.04 Å². The van der Waals surface area contributed by atoms with E-state index in [0.29, 0.717) is 0 Å². The summed E-state index contributed by atoms with van der Waals surface area (Å²) in [5.41, 5.74) is 2.01. The lowest BCUT2D eigenvalue weighted by atomic mass is 9.72. The highest BCUT2D eigenvalue weighted by Crippen LogP contribution is 2.42. The molecule has 4 heterocycles. The summed E-state index contributed by atoms with van der Waals surface area (Å²) in [6, 6.07) is 10.4. The molecular formula is C19H26N2O5S. The molecule has 3 aliphatic heterocycles. The number of hydrogen-bond donors (Lipinski definition) is 3. The third-order valence-electron chi connectivity index (χ3n) is 5.83. The molecular weight excluding hydrogens is 368 g/mol. The van der Waals surface area contributed by atoms with Gasteiger partial charge in [-0.2, -0.15) is 8.42 Å². The Morgan fingerprint density at radius 3 is 2.59 bits per heavy atom. The van der Waals surface area contributed by atoms with Crippen molar-refractivity contribution < 1.29 is 22.6 Å². The minimum absolute atomic E-state index is 0.271. The number of hydrogen-bond acceptors (Lipinski definition) is 5. The molecule has 148 valence electrons. The molecule has 7 nitrogen and oxygen atoms in total. The van der Waals surface area contributed by atoms with Crippen LogP contribution in [0.2, 0.25) is 0 Å². The number of nitrogens with zero attached hydrogens (tertiary/aromatic N) is 2. The Hall–Kier alpha value is -1.58. The first-order chi connectivity index (χ1) is 12.8. The summed E-state index contributed by atoms with van der Waals surface area (Å²) < 4.78 is 31.6. The number of aromatic nitrogens is 1. The summed E-state index contributed by atoms with van der Waals surface area (Å²) in [5.74, 6) is 1.62. The van der Waals surface area contributed by atoms with Gasteiger partial charge in [0.05, 0.1) is 11.6 Å². The van der Waals surface area contributed by atoms with Gasteiger partial charge in [-0.25, -0.2) is 0 Å². The molecule has 5 rings (SSSR count). The van der Waals surface area contributed by atoms with Crippen LogP contribution in [0.15, 0.2) is 36.5 Å². The average Bonchev–Trinajstić information content (AvgIpc) is 2.66. The van der Waals surface area contributed by atoms with E-state index in [1.54, 1.807) is 0 Å². The van der Waals surface area contributed by atoms with Crippen molar-refractivity contribution in [1.82, 2.24) is 9.88 Å². The molecule has 0 saturated carbocycles. The molecule has 0 radical (unpaired) electrons. The van der Waals surface area contributed by atoms with Crippen LogP contribution >= 0.6 is 0 Å². The monoisotopic (exact) mass is 394 g/mol. The zero-order valence-corrected chi connectivity index (χ0v) is 16.1. The van der Waals surface area contributed by atoms with Gasteiger partial charge in [0, 0.05) is 24.2 Å². The number of piperidine rings is 3. The maximum absolute atomic E-state index is 11.1. The van der Waals surface area contributed by atoms with E-state index >= 15 is 0 Å². The van der Waals surface area contributed by atoms with Gasteiger partial charge in [-0.15, -0.1) is 0 Å². The molecule has 3 fully saturated rings. The predicted molar refractivity (Wildman–Crippen MR) is 103 cm³/mol. The van der Waals surface area contributed by atoms with Crippen LogP contribution < -0.4 is 0 Å². The number of fused-ring (bicyclic) bond motifs is 4. The van der Waals surface area contributed by atoms with E-state index in [9.17, 15) is 5.11 Å². The maximum Gasteiger partial charge on any atom is 0.394 e. The van der Waals surface area contributed by atoms with Gasteiger partial charge in [-0.3, -0.25) is 19.0 Å². The Morgan fingerprint density at radius 2 is 1.96 bits per heavy atom. The molecule has 1 unspecified atom stereocenters. The van der Waals surface area contributed by atoms with Crippen LogP contribution in [0.1, 0.15) is 37.9 Å². The van der Waals surface area contributed by atoms with Crippen LogP contribution in [-0.4, -0.2) is 51.6 Å². The number of aliphatic hydroxyl groups is 1. The second-order valence-electron chi connectivity index (χ2n) is 7.33. The Balaban J connectivity index is 0.000000376. The lowest BCUT2D eigenvalue weighted by molar-refractivity contribution is -0.0562. The predicted octanol–water partition coefficient (Wildman–Crippen LogP) is 2.74. The molecule has 3 aliphatic rings. The first kappa shape index (κ1) is 20.2. The Morgan fingerprint density at radius 1 is 1.26 bits per heavy atom.